The van der Waals surface area contributed by atoms with E-state index in [4.69, 9.17) is 9.84 Å². The van der Waals surface area contributed by atoms with Crippen LogP contribution in [0.4, 0.5) is 19.3 Å². The molecule has 146 valence electrons. The maximum Gasteiger partial charge on any atom is 0.405 e. The highest BCUT2D eigenvalue weighted by Gasteiger charge is 2.27. The summed E-state index contributed by atoms with van der Waals surface area (Å²) < 4.78 is 37.8. The van der Waals surface area contributed by atoms with E-state index in [0.717, 1.165) is 13.2 Å². The third-order valence-electron chi connectivity index (χ3n) is 3.58. The third kappa shape index (κ3) is 5.80. The van der Waals surface area contributed by atoms with E-state index in [-0.39, 0.29) is 24.7 Å². The van der Waals surface area contributed by atoms with Crippen LogP contribution in [0.5, 0.6) is 5.75 Å². The number of carboxylic acid groups (broad SMARTS) is 1. The monoisotopic (exact) mass is 376 g/mol. The number of rotatable bonds is 9. The second-order valence-corrected chi connectivity index (χ2v) is 6.61. The number of amides is 1. The summed E-state index contributed by atoms with van der Waals surface area (Å²) in [6, 6.07) is 0.873. The average molecular weight is 376 g/mol. The Hall–Kier alpha value is -2.49. The van der Waals surface area contributed by atoms with Crippen molar-refractivity contribution in [3.63, 3.8) is 0 Å². The van der Waals surface area contributed by atoms with Gasteiger partial charge in [0.05, 0.1) is 18.6 Å². The van der Waals surface area contributed by atoms with Crippen molar-refractivity contribution in [1.29, 1.82) is 0 Å². The fourth-order valence-corrected chi connectivity index (χ4v) is 2.72. The minimum Gasteiger partial charge on any atom is -0.488 e. The highest BCUT2D eigenvalue weighted by atomic mass is 19.2. The first-order valence-electron chi connectivity index (χ1n) is 7.76. The number of hydrogen-bond donors (Lipinski definition) is 2. The molecule has 1 atom stereocenters. The highest BCUT2D eigenvalue weighted by molar-refractivity contribution is 5.65. The van der Waals surface area contributed by atoms with Gasteiger partial charge in [0, 0.05) is 23.8 Å². The van der Waals surface area contributed by atoms with Crippen molar-refractivity contribution in [2.45, 2.75) is 39.3 Å². The summed E-state index contributed by atoms with van der Waals surface area (Å²) in [6.07, 6.45) is -0.704. The van der Waals surface area contributed by atoms with E-state index in [1.54, 1.807) is 20.8 Å². The normalized spacial score (nSPS) is 12.5. The van der Waals surface area contributed by atoms with Gasteiger partial charge in [0.15, 0.2) is 5.82 Å². The molecule has 10 heteroatoms. The smallest absolute Gasteiger partial charge is 0.405 e. The second kappa shape index (κ2) is 8.75. The minimum atomic E-state index is -1.44. The minimum absolute atomic E-state index is 0.0991. The fourth-order valence-electron chi connectivity index (χ4n) is 2.72. The van der Waals surface area contributed by atoms with Crippen molar-refractivity contribution in [3.05, 3.63) is 33.4 Å². The molecule has 0 spiro atoms. The van der Waals surface area contributed by atoms with Crippen molar-refractivity contribution in [2.24, 2.45) is 5.92 Å². The van der Waals surface area contributed by atoms with Gasteiger partial charge in [0.1, 0.15) is 0 Å². The number of nitro benzene ring substituents is 1. The quantitative estimate of drug-likeness (QED) is 0.504. The molecule has 0 aromatic heterocycles. The number of ether oxygens (including phenoxy) is 2. The largest absolute Gasteiger partial charge is 0.488 e. The Bertz CT molecular complexity index is 681. The summed E-state index contributed by atoms with van der Waals surface area (Å²) in [4.78, 5) is 20.8. The lowest BCUT2D eigenvalue weighted by molar-refractivity contribution is -0.386. The predicted octanol–water partition coefficient (Wildman–Crippen LogP) is 3.47. The Morgan fingerprint density at radius 3 is 2.54 bits per heavy atom. The molecule has 0 aliphatic rings. The van der Waals surface area contributed by atoms with Crippen LogP contribution in [-0.4, -0.2) is 35.4 Å². The van der Waals surface area contributed by atoms with Gasteiger partial charge in [-0.1, -0.05) is 6.92 Å². The lowest BCUT2D eigenvalue weighted by Gasteiger charge is -2.27. The Morgan fingerprint density at radius 1 is 1.42 bits per heavy atom. The standard InChI is InChI=1S/C16H22F2N2O6/c1-9(6-16(2,3)19-15(21)22)7-26-8-10-5-11(20(23)24)14(25-4)13(18)12(10)17/h5,9,19H,6-8H2,1-4H3,(H,21,22)/t9-/m1/s1. The SMILES string of the molecule is COc1c([N+](=O)[O-])cc(COC[C@H](C)CC(C)(C)NC(=O)O)c(F)c1F. The molecular formula is C16H22F2N2O6. The first kappa shape index (κ1) is 21.6. The van der Waals surface area contributed by atoms with E-state index in [0.29, 0.717) is 6.42 Å². The number of carbonyl (C=O) groups is 1. The van der Waals surface area contributed by atoms with Crippen LogP contribution in [0, 0.1) is 27.7 Å². The molecule has 0 heterocycles. The van der Waals surface area contributed by atoms with Gasteiger partial charge in [-0.2, -0.15) is 4.39 Å². The molecule has 0 aliphatic carbocycles. The van der Waals surface area contributed by atoms with E-state index in [1.807, 2.05) is 0 Å². The molecule has 1 aromatic carbocycles. The van der Waals surface area contributed by atoms with Crippen molar-refractivity contribution in [3.8, 4) is 5.75 Å². The Morgan fingerprint density at radius 2 is 2.04 bits per heavy atom. The Labute approximate surface area is 149 Å². The molecule has 26 heavy (non-hydrogen) atoms. The Kier molecular flexibility index (Phi) is 7.25. The lowest BCUT2D eigenvalue weighted by atomic mass is 9.92. The van der Waals surface area contributed by atoms with Gasteiger partial charge < -0.3 is 19.9 Å². The third-order valence-corrected chi connectivity index (χ3v) is 3.58. The van der Waals surface area contributed by atoms with Gasteiger partial charge in [-0.15, -0.1) is 0 Å². The zero-order valence-corrected chi connectivity index (χ0v) is 15.0. The van der Waals surface area contributed by atoms with E-state index in [1.165, 1.54) is 0 Å². The fraction of sp³-hybridized carbons (Fsp3) is 0.562. The van der Waals surface area contributed by atoms with Crippen LogP contribution < -0.4 is 10.1 Å². The van der Waals surface area contributed by atoms with Crippen molar-refractivity contribution in [1.82, 2.24) is 5.32 Å². The molecule has 0 saturated carbocycles. The van der Waals surface area contributed by atoms with E-state index >= 15 is 0 Å². The van der Waals surface area contributed by atoms with E-state index in [9.17, 15) is 23.7 Å². The molecule has 0 fully saturated rings. The Balaban J connectivity index is 2.76. The van der Waals surface area contributed by atoms with Crippen LogP contribution in [0.3, 0.4) is 0 Å². The summed E-state index contributed by atoms with van der Waals surface area (Å²) in [5, 5.41) is 22.1. The van der Waals surface area contributed by atoms with Crippen LogP contribution >= 0.6 is 0 Å². The topological polar surface area (TPSA) is 111 Å². The maximum absolute atomic E-state index is 14.0. The zero-order chi connectivity index (χ0) is 20.1. The molecule has 0 aliphatic heterocycles. The highest BCUT2D eigenvalue weighted by Crippen LogP contribution is 2.34. The lowest BCUT2D eigenvalue weighted by Crippen LogP contribution is -2.44. The molecule has 1 rings (SSSR count). The van der Waals surface area contributed by atoms with Gasteiger partial charge in [0.2, 0.25) is 11.6 Å². The van der Waals surface area contributed by atoms with Crippen LogP contribution in [0.15, 0.2) is 6.07 Å². The molecule has 0 saturated heterocycles. The van der Waals surface area contributed by atoms with Crippen LogP contribution in [-0.2, 0) is 11.3 Å². The van der Waals surface area contributed by atoms with Gasteiger partial charge in [-0.05, 0) is 26.2 Å². The zero-order valence-electron chi connectivity index (χ0n) is 15.0. The second-order valence-electron chi connectivity index (χ2n) is 6.61. The number of benzene rings is 1. The van der Waals surface area contributed by atoms with Gasteiger partial charge in [-0.25, -0.2) is 9.18 Å². The summed E-state index contributed by atoms with van der Waals surface area (Å²) in [5.41, 5.74) is -1.68. The van der Waals surface area contributed by atoms with Crippen molar-refractivity contribution in [2.75, 3.05) is 13.7 Å². The molecule has 1 aromatic rings. The average Bonchev–Trinajstić information content (AvgIpc) is 2.49. The molecular weight excluding hydrogens is 354 g/mol. The van der Waals surface area contributed by atoms with E-state index in [2.05, 4.69) is 10.1 Å². The number of nitrogens with one attached hydrogen (secondary N) is 1. The van der Waals surface area contributed by atoms with Gasteiger partial charge >= 0.3 is 11.8 Å². The first-order chi connectivity index (χ1) is 12.0. The van der Waals surface area contributed by atoms with Crippen LogP contribution in [0.1, 0.15) is 32.8 Å². The number of nitro groups is 1. The predicted molar refractivity (Wildman–Crippen MR) is 88.2 cm³/mol. The number of halogens is 2. The molecule has 0 radical (unpaired) electrons. The summed E-state index contributed by atoms with van der Waals surface area (Å²) in [5.74, 6) is -3.59. The van der Waals surface area contributed by atoms with Crippen LogP contribution in [0.25, 0.3) is 0 Å². The summed E-state index contributed by atoms with van der Waals surface area (Å²) in [7, 11) is 1.01. The van der Waals surface area contributed by atoms with Crippen molar-refractivity contribution >= 4 is 11.8 Å². The molecule has 0 unspecified atom stereocenters. The first-order valence-corrected chi connectivity index (χ1v) is 7.76. The van der Waals surface area contributed by atoms with Crippen LogP contribution in [0.2, 0.25) is 0 Å². The molecule has 8 nitrogen and oxygen atoms in total. The van der Waals surface area contributed by atoms with E-state index < -0.39 is 39.6 Å². The molecule has 0 bridgehead atoms. The van der Waals surface area contributed by atoms with Gasteiger partial charge in [-0.3, -0.25) is 10.1 Å². The molecule has 2 N–H and O–H groups in total. The maximum atomic E-state index is 14.0. The van der Waals surface area contributed by atoms with Gasteiger partial charge in [0.25, 0.3) is 0 Å². The number of hydrogen-bond acceptors (Lipinski definition) is 5. The molecule has 1 amide bonds. The summed E-state index contributed by atoms with van der Waals surface area (Å²) in [6.45, 7) is 4.98. The number of nitrogens with zero attached hydrogens (tertiary/aromatic N) is 1. The number of methoxy groups -OCH3 is 1. The van der Waals surface area contributed by atoms with Crippen molar-refractivity contribution < 1.29 is 33.1 Å². The summed E-state index contributed by atoms with van der Waals surface area (Å²) >= 11 is 0.